The van der Waals surface area contributed by atoms with Crippen LogP contribution in [0.2, 0.25) is 0 Å². The van der Waals surface area contributed by atoms with Crippen LogP contribution in [-0.2, 0) is 30.3 Å². The lowest BCUT2D eigenvalue weighted by atomic mass is 9.89. The van der Waals surface area contributed by atoms with Crippen LogP contribution in [0.5, 0.6) is 0 Å². The summed E-state index contributed by atoms with van der Waals surface area (Å²) in [6.45, 7) is 4.05. The first-order valence-electron chi connectivity index (χ1n) is 9.64. The molecule has 0 amide bonds. The van der Waals surface area contributed by atoms with Crippen molar-refractivity contribution in [3.8, 4) is 0 Å². The van der Waals surface area contributed by atoms with Gasteiger partial charge in [-0.3, -0.25) is 4.79 Å². The molecule has 1 N–H and O–H groups in total. The van der Waals surface area contributed by atoms with Gasteiger partial charge in [-0.25, -0.2) is 0 Å². The number of hydrogen-bond acceptors (Lipinski definition) is 6. The highest BCUT2D eigenvalue weighted by atomic mass is 16.7. The minimum absolute atomic E-state index is 0.116. The van der Waals surface area contributed by atoms with E-state index in [1.165, 1.54) is 7.11 Å². The van der Waals surface area contributed by atoms with Gasteiger partial charge in [-0.05, 0) is 11.6 Å². The number of methoxy groups -OCH3 is 1. The molecule has 2 saturated heterocycles. The molecule has 152 valence electrons. The Morgan fingerprint density at radius 1 is 1.32 bits per heavy atom. The summed E-state index contributed by atoms with van der Waals surface area (Å²) >= 11 is 0. The summed E-state index contributed by atoms with van der Waals surface area (Å²) in [4.78, 5) is 11.8. The van der Waals surface area contributed by atoms with Gasteiger partial charge in [-0.15, -0.1) is 5.73 Å². The molecule has 2 aliphatic rings. The van der Waals surface area contributed by atoms with Crippen LogP contribution in [0.3, 0.4) is 0 Å². The number of aliphatic hydroxyl groups is 1. The van der Waals surface area contributed by atoms with Crippen LogP contribution in [0.15, 0.2) is 48.7 Å². The molecule has 5 atom stereocenters. The van der Waals surface area contributed by atoms with Crippen LogP contribution in [-0.4, -0.2) is 48.4 Å². The zero-order valence-electron chi connectivity index (χ0n) is 16.2. The van der Waals surface area contributed by atoms with Crippen LogP contribution in [0.25, 0.3) is 0 Å². The van der Waals surface area contributed by atoms with Crippen LogP contribution in [0, 0.1) is 0 Å². The second-order valence-corrected chi connectivity index (χ2v) is 7.41. The van der Waals surface area contributed by atoms with Gasteiger partial charge < -0.3 is 24.1 Å². The molecule has 1 aromatic carbocycles. The molecule has 0 aromatic heterocycles. The molecule has 1 spiro atoms. The van der Waals surface area contributed by atoms with E-state index in [1.807, 2.05) is 30.3 Å². The van der Waals surface area contributed by atoms with E-state index in [-0.39, 0.29) is 24.6 Å². The largest absolute Gasteiger partial charge is 0.469 e. The Morgan fingerprint density at radius 2 is 2.11 bits per heavy atom. The van der Waals surface area contributed by atoms with E-state index in [0.717, 1.165) is 5.56 Å². The van der Waals surface area contributed by atoms with Gasteiger partial charge in [-0.2, -0.15) is 0 Å². The number of ether oxygens (including phenoxy) is 4. The van der Waals surface area contributed by atoms with Crippen LogP contribution >= 0.6 is 0 Å². The van der Waals surface area contributed by atoms with Gasteiger partial charge in [0.15, 0.2) is 5.79 Å². The van der Waals surface area contributed by atoms with Gasteiger partial charge in [-0.1, -0.05) is 36.9 Å². The fourth-order valence-corrected chi connectivity index (χ4v) is 3.96. The van der Waals surface area contributed by atoms with Crippen molar-refractivity contribution in [3.63, 3.8) is 0 Å². The summed E-state index contributed by atoms with van der Waals surface area (Å²) in [6.07, 6.45) is 2.16. The normalized spacial score (nSPS) is 32.5. The number of benzene rings is 1. The van der Waals surface area contributed by atoms with Gasteiger partial charge in [0.2, 0.25) is 0 Å². The molecule has 0 aliphatic carbocycles. The first-order chi connectivity index (χ1) is 13.5. The average molecular weight is 388 g/mol. The minimum Gasteiger partial charge on any atom is -0.469 e. The highest BCUT2D eigenvalue weighted by Crippen LogP contribution is 2.41. The van der Waals surface area contributed by atoms with Crippen molar-refractivity contribution in [2.75, 3.05) is 7.11 Å². The fraction of sp³-hybridized carbons (Fsp3) is 0.545. The van der Waals surface area contributed by atoms with E-state index in [0.29, 0.717) is 32.3 Å². The Balaban J connectivity index is 1.74. The number of carbonyl (C=O) groups excluding carboxylic acids is 1. The molecule has 2 heterocycles. The lowest BCUT2D eigenvalue weighted by molar-refractivity contribution is -0.335. The molecule has 1 aromatic rings. The summed E-state index contributed by atoms with van der Waals surface area (Å²) in [6, 6.07) is 9.91. The van der Waals surface area contributed by atoms with Crippen LogP contribution < -0.4 is 0 Å². The van der Waals surface area contributed by atoms with Crippen molar-refractivity contribution in [2.45, 2.75) is 68.9 Å². The molecule has 2 fully saturated rings. The lowest BCUT2D eigenvalue weighted by Crippen LogP contribution is -2.55. The van der Waals surface area contributed by atoms with Gasteiger partial charge in [0, 0.05) is 25.7 Å². The van der Waals surface area contributed by atoms with Crippen LogP contribution in [0.4, 0.5) is 0 Å². The monoisotopic (exact) mass is 388 g/mol. The Labute approximate surface area is 165 Å². The van der Waals surface area contributed by atoms with Gasteiger partial charge >= 0.3 is 5.97 Å². The number of rotatable bonds is 6. The maximum Gasteiger partial charge on any atom is 0.308 e. The van der Waals surface area contributed by atoms with E-state index in [2.05, 4.69) is 12.3 Å². The Kier molecular flexibility index (Phi) is 7.05. The molecule has 0 saturated carbocycles. The fourth-order valence-electron chi connectivity index (χ4n) is 3.96. The summed E-state index contributed by atoms with van der Waals surface area (Å²) in [7, 11) is 1.36. The number of aliphatic hydroxyl groups excluding tert-OH is 1. The highest BCUT2D eigenvalue weighted by molar-refractivity contribution is 5.69. The molecular formula is C22H28O6. The molecule has 28 heavy (non-hydrogen) atoms. The first kappa shape index (κ1) is 20.8. The number of esters is 1. The molecule has 3 rings (SSSR count). The smallest absolute Gasteiger partial charge is 0.308 e. The average Bonchev–Trinajstić information content (AvgIpc) is 2.66. The zero-order chi connectivity index (χ0) is 20.0. The second-order valence-electron chi connectivity index (χ2n) is 7.41. The maximum absolute atomic E-state index is 11.8. The molecule has 0 unspecified atom stereocenters. The van der Waals surface area contributed by atoms with Crippen LogP contribution in [0.1, 0.15) is 37.7 Å². The van der Waals surface area contributed by atoms with E-state index >= 15 is 0 Å². The van der Waals surface area contributed by atoms with Crippen molar-refractivity contribution in [2.24, 2.45) is 0 Å². The molecular weight excluding hydrogens is 360 g/mol. The third-order valence-corrected chi connectivity index (χ3v) is 5.12. The Morgan fingerprint density at radius 3 is 2.82 bits per heavy atom. The van der Waals surface area contributed by atoms with E-state index < -0.39 is 18.0 Å². The third-order valence-electron chi connectivity index (χ3n) is 5.12. The number of carbonyl (C=O) groups is 1. The lowest BCUT2D eigenvalue weighted by Gasteiger charge is -2.48. The topological polar surface area (TPSA) is 74.2 Å². The predicted octanol–water partition coefficient (Wildman–Crippen LogP) is 2.89. The van der Waals surface area contributed by atoms with Gasteiger partial charge in [0.05, 0.1) is 44.6 Å². The highest BCUT2D eigenvalue weighted by Gasteiger charge is 2.48. The molecule has 0 bridgehead atoms. The minimum atomic E-state index is -1.01. The summed E-state index contributed by atoms with van der Waals surface area (Å²) in [5.74, 6) is -1.35. The van der Waals surface area contributed by atoms with Gasteiger partial charge in [0.25, 0.3) is 0 Å². The van der Waals surface area contributed by atoms with E-state index in [9.17, 15) is 9.90 Å². The predicted molar refractivity (Wildman–Crippen MR) is 102 cm³/mol. The van der Waals surface area contributed by atoms with Crippen molar-refractivity contribution < 1.29 is 28.8 Å². The summed E-state index contributed by atoms with van der Waals surface area (Å²) < 4.78 is 23.3. The SMILES string of the molecule is C=C=C[C@H]1C[C@H](O)C[C@]2(C[C@@H](OCc3ccccc3)C[C@@H](CC(=O)OC)O2)O1. The maximum atomic E-state index is 11.8. The van der Waals surface area contributed by atoms with Crippen molar-refractivity contribution >= 4 is 5.97 Å². The first-order valence-corrected chi connectivity index (χ1v) is 9.64. The summed E-state index contributed by atoms with van der Waals surface area (Å²) in [5, 5.41) is 10.4. The summed E-state index contributed by atoms with van der Waals surface area (Å²) in [5.41, 5.74) is 3.79. The third kappa shape index (κ3) is 5.53. The Hall–Kier alpha value is -1.95. The molecule has 6 heteroatoms. The standard InChI is InChI=1S/C22H28O6/c1-3-7-18-10-17(23)13-22(27-18)14-20(11-19(28-22)12-21(24)25-2)26-15-16-8-5-4-6-9-16/h4-9,17-20,23H,1,10-15H2,2H3/t17-,18-,19-,20-,22-/m0/s1. The number of hydrogen-bond donors (Lipinski definition) is 1. The van der Waals surface area contributed by atoms with Gasteiger partial charge in [0.1, 0.15) is 0 Å². The second kappa shape index (κ2) is 9.50. The van der Waals surface area contributed by atoms with E-state index in [4.69, 9.17) is 18.9 Å². The Bertz CT molecular complexity index is 698. The van der Waals surface area contributed by atoms with E-state index in [1.54, 1.807) is 6.08 Å². The quantitative estimate of drug-likeness (QED) is 0.597. The zero-order valence-corrected chi connectivity index (χ0v) is 16.2. The van der Waals surface area contributed by atoms with Crippen molar-refractivity contribution in [3.05, 3.63) is 54.3 Å². The molecule has 2 aliphatic heterocycles. The molecule has 0 radical (unpaired) electrons. The molecule has 6 nitrogen and oxygen atoms in total. The van der Waals surface area contributed by atoms with Crippen molar-refractivity contribution in [1.29, 1.82) is 0 Å². The van der Waals surface area contributed by atoms with Crippen molar-refractivity contribution in [1.82, 2.24) is 0 Å².